The number of rotatable bonds is 2. The zero-order valence-corrected chi connectivity index (χ0v) is 9.86. The lowest BCUT2D eigenvalue weighted by Crippen LogP contribution is -2.11. The average Bonchev–Trinajstić information content (AvgIpc) is 2.96. The molecule has 0 spiro atoms. The number of nitrogens with one attached hydrogen (secondary N) is 1. The summed E-state index contributed by atoms with van der Waals surface area (Å²) in [5.74, 6) is 0.924. The van der Waals surface area contributed by atoms with Crippen LogP contribution in [0.4, 0.5) is 5.69 Å². The maximum Gasteiger partial charge on any atom is 0.260 e. The minimum atomic E-state index is -0.340. The summed E-state index contributed by atoms with van der Waals surface area (Å²) in [6.45, 7) is 0.195. The molecule has 2 heterocycles. The molecule has 1 N–H and O–H groups in total. The van der Waals surface area contributed by atoms with Gasteiger partial charge in [-0.15, -0.1) is 0 Å². The molecule has 2 aromatic rings. The summed E-state index contributed by atoms with van der Waals surface area (Å²) in [6, 6.07) is 6.65. The Morgan fingerprint density at radius 3 is 2.83 bits per heavy atom. The highest BCUT2D eigenvalue weighted by Crippen LogP contribution is 2.34. The van der Waals surface area contributed by atoms with E-state index in [0.717, 1.165) is 0 Å². The van der Waals surface area contributed by atoms with E-state index in [9.17, 15) is 4.79 Å². The number of hydrogen-bond donors (Lipinski definition) is 1. The van der Waals surface area contributed by atoms with E-state index >= 15 is 0 Å². The van der Waals surface area contributed by atoms with Gasteiger partial charge >= 0.3 is 0 Å². The van der Waals surface area contributed by atoms with Gasteiger partial charge in [0.05, 0.1) is 11.8 Å². The number of ether oxygens (including phenoxy) is 2. The van der Waals surface area contributed by atoms with E-state index in [1.165, 1.54) is 12.3 Å². The summed E-state index contributed by atoms with van der Waals surface area (Å²) in [5.41, 5.74) is 0.885. The third kappa shape index (κ3) is 1.89. The van der Waals surface area contributed by atoms with Gasteiger partial charge in [-0.3, -0.25) is 4.79 Å². The maximum atomic E-state index is 11.9. The van der Waals surface area contributed by atoms with Crippen molar-refractivity contribution < 1.29 is 18.7 Å². The number of carbonyl (C=O) groups is 1. The lowest BCUT2D eigenvalue weighted by Gasteiger charge is -2.04. The molecule has 5 nitrogen and oxygen atoms in total. The Labute approximate surface area is 107 Å². The van der Waals surface area contributed by atoms with Crippen molar-refractivity contribution >= 4 is 23.2 Å². The number of fused-ring (bicyclic) bond motifs is 1. The number of hydrogen-bond acceptors (Lipinski definition) is 4. The lowest BCUT2D eigenvalue weighted by molar-refractivity contribution is 0.102. The van der Waals surface area contributed by atoms with Gasteiger partial charge in [-0.1, -0.05) is 0 Å². The first-order valence-electron chi connectivity index (χ1n) is 5.18. The van der Waals surface area contributed by atoms with Crippen molar-refractivity contribution in [3.63, 3.8) is 0 Å². The minimum absolute atomic E-state index is 0.0632. The van der Waals surface area contributed by atoms with E-state index in [-0.39, 0.29) is 23.5 Å². The molecule has 6 heteroatoms. The molecule has 92 valence electrons. The molecule has 0 saturated heterocycles. The van der Waals surface area contributed by atoms with Crippen LogP contribution in [-0.4, -0.2) is 12.7 Å². The number of benzene rings is 1. The second kappa shape index (κ2) is 4.27. The van der Waals surface area contributed by atoms with Gasteiger partial charge in [-0.2, -0.15) is 0 Å². The standard InChI is InChI=1S/C12H8ClNO4/c13-11-8(3-4-16-11)12(15)14-7-1-2-9-10(5-7)18-6-17-9/h1-5H,6H2,(H,14,15). The topological polar surface area (TPSA) is 60.7 Å². The van der Waals surface area contributed by atoms with Gasteiger partial charge in [0.15, 0.2) is 11.5 Å². The Kier molecular flexibility index (Phi) is 2.60. The summed E-state index contributed by atoms with van der Waals surface area (Å²) in [4.78, 5) is 11.9. The normalized spacial score (nSPS) is 12.5. The van der Waals surface area contributed by atoms with Gasteiger partial charge in [0, 0.05) is 11.8 Å². The van der Waals surface area contributed by atoms with Crippen LogP contribution >= 0.6 is 11.6 Å². The minimum Gasteiger partial charge on any atom is -0.454 e. The molecule has 18 heavy (non-hydrogen) atoms. The Bertz CT molecular complexity index is 608. The highest BCUT2D eigenvalue weighted by molar-refractivity contribution is 6.32. The van der Waals surface area contributed by atoms with Crippen LogP contribution in [0, 0.1) is 0 Å². The molecular weight excluding hydrogens is 258 g/mol. The van der Waals surface area contributed by atoms with Gasteiger partial charge in [0.1, 0.15) is 0 Å². The molecule has 1 aliphatic heterocycles. The lowest BCUT2D eigenvalue weighted by atomic mass is 10.2. The molecule has 0 aliphatic carbocycles. The van der Waals surface area contributed by atoms with Crippen LogP contribution in [0.2, 0.25) is 5.22 Å². The second-order valence-electron chi connectivity index (χ2n) is 3.63. The zero-order chi connectivity index (χ0) is 12.5. The van der Waals surface area contributed by atoms with E-state index in [1.54, 1.807) is 18.2 Å². The Morgan fingerprint density at radius 1 is 1.22 bits per heavy atom. The molecule has 0 unspecified atom stereocenters. The number of halogens is 1. The second-order valence-corrected chi connectivity index (χ2v) is 3.97. The number of furan rings is 1. The first kappa shape index (κ1) is 11.0. The summed E-state index contributed by atoms with van der Waals surface area (Å²) in [7, 11) is 0. The van der Waals surface area contributed by atoms with Crippen LogP contribution in [0.15, 0.2) is 34.9 Å². The van der Waals surface area contributed by atoms with Crippen molar-refractivity contribution in [3.05, 3.63) is 41.3 Å². The van der Waals surface area contributed by atoms with Crippen molar-refractivity contribution in [1.29, 1.82) is 0 Å². The third-order valence-corrected chi connectivity index (χ3v) is 2.79. The molecule has 0 bridgehead atoms. The van der Waals surface area contributed by atoms with Crippen LogP contribution in [0.25, 0.3) is 0 Å². The van der Waals surface area contributed by atoms with E-state index in [2.05, 4.69) is 5.32 Å². The van der Waals surface area contributed by atoms with E-state index in [0.29, 0.717) is 17.2 Å². The van der Waals surface area contributed by atoms with Gasteiger partial charge in [0.2, 0.25) is 12.0 Å². The Morgan fingerprint density at radius 2 is 2.06 bits per heavy atom. The molecule has 0 saturated carbocycles. The monoisotopic (exact) mass is 265 g/mol. The van der Waals surface area contributed by atoms with E-state index in [1.807, 2.05) is 0 Å². The predicted octanol–water partition coefficient (Wildman–Crippen LogP) is 2.91. The van der Waals surface area contributed by atoms with Crippen molar-refractivity contribution in [1.82, 2.24) is 0 Å². The predicted molar refractivity (Wildman–Crippen MR) is 64.2 cm³/mol. The van der Waals surface area contributed by atoms with Crippen LogP contribution < -0.4 is 14.8 Å². The highest BCUT2D eigenvalue weighted by Gasteiger charge is 2.16. The van der Waals surface area contributed by atoms with Gasteiger partial charge in [0.25, 0.3) is 5.91 Å². The average molecular weight is 266 g/mol. The van der Waals surface area contributed by atoms with Crippen molar-refractivity contribution in [2.24, 2.45) is 0 Å². The van der Waals surface area contributed by atoms with Crippen LogP contribution in [-0.2, 0) is 0 Å². The first-order valence-corrected chi connectivity index (χ1v) is 5.56. The van der Waals surface area contributed by atoms with Crippen LogP contribution in [0.1, 0.15) is 10.4 Å². The fourth-order valence-electron chi connectivity index (χ4n) is 1.63. The number of amides is 1. The Hall–Kier alpha value is -2.14. The van der Waals surface area contributed by atoms with Gasteiger partial charge in [-0.05, 0) is 29.8 Å². The zero-order valence-electron chi connectivity index (χ0n) is 9.10. The summed E-state index contributed by atoms with van der Waals surface area (Å²) in [6.07, 6.45) is 1.36. The first-order chi connectivity index (χ1) is 8.74. The molecule has 1 aromatic heterocycles. The number of anilines is 1. The molecule has 1 amide bonds. The molecule has 0 atom stereocenters. The van der Waals surface area contributed by atoms with Crippen molar-refractivity contribution in [3.8, 4) is 11.5 Å². The van der Waals surface area contributed by atoms with E-state index in [4.69, 9.17) is 25.5 Å². The quantitative estimate of drug-likeness (QED) is 0.907. The molecule has 1 aliphatic rings. The summed E-state index contributed by atoms with van der Waals surface area (Å²) >= 11 is 5.72. The molecular formula is C12H8ClNO4. The van der Waals surface area contributed by atoms with Gasteiger partial charge < -0.3 is 19.2 Å². The summed E-state index contributed by atoms with van der Waals surface area (Å²) < 4.78 is 15.3. The smallest absolute Gasteiger partial charge is 0.260 e. The third-order valence-electron chi connectivity index (χ3n) is 2.49. The van der Waals surface area contributed by atoms with Crippen LogP contribution in [0.5, 0.6) is 11.5 Å². The SMILES string of the molecule is O=C(Nc1ccc2c(c1)OCO2)c1ccoc1Cl. The fourth-order valence-corrected chi connectivity index (χ4v) is 1.83. The molecule has 1 aromatic carbocycles. The maximum absolute atomic E-state index is 11.9. The molecule has 0 fully saturated rings. The fraction of sp³-hybridized carbons (Fsp3) is 0.0833. The van der Waals surface area contributed by atoms with Crippen molar-refractivity contribution in [2.75, 3.05) is 12.1 Å². The number of carbonyl (C=O) groups excluding carboxylic acids is 1. The largest absolute Gasteiger partial charge is 0.454 e. The van der Waals surface area contributed by atoms with Crippen LogP contribution in [0.3, 0.4) is 0 Å². The Balaban J connectivity index is 1.81. The van der Waals surface area contributed by atoms with Gasteiger partial charge in [-0.25, -0.2) is 0 Å². The van der Waals surface area contributed by atoms with E-state index < -0.39 is 0 Å². The highest BCUT2D eigenvalue weighted by atomic mass is 35.5. The molecule has 0 radical (unpaired) electrons. The van der Waals surface area contributed by atoms with Crippen molar-refractivity contribution in [2.45, 2.75) is 0 Å². The summed E-state index contributed by atoms with van der Waals surface area (Å²) in [5, 5.41) is 2.76. The molecule has 3 rings (SSSR count).